The maximum absolute atomic E-state index is 11.6. The minimum absolute atomic E-state index is 0.329. The number of anilines is 1. The zero-order valence-electron chi connectivity index (χ0n) is 12.2. The van der Waals surface area contributed by atoms with Crippen LogP contribution in [0.25, 0.3) is 0 Å². The minimum Gasteiger partial charge on any atom is -0.462 e. The van der Waals surface area contributed by atoms with Crippen molar-refractivity contribution in [1.29, 1.82) is 0 Å². The Morgan fingerprint density at radius 2 is 1.60 bits per heavy atom. The van der Waals surface area contributed by atoms with Gasteiger partial charge in [0.1, 0.15) is 12.5 Å². The van der Waals surface area contributed by atoms with Crippen molar-refractivity contribution in [3.05, 3.63) is 29.8 Å². The van der Waals surface area contributed by atoms with E-state index in [2.05, 4.69) is 0 Å². The Bertz CT molecular complexity index is 408. The Morgan fingerprint density at radius 1 is 1.10 bits per heavy atom. The second-order valence-corrected chi connectivity index (χ2v) is 4.45. The summed E-state index contributed by atoms with van der Waals surface area (Å²) >= 11 is 0. The van der Waals surface area contributed by atoms with E-state index in [1.165, 1.54) is 4.90 Å². The molecule has 0 saturated heterocycles. The Balaban J connectivity index is 2.96. The smallest absolute Gasteiger partial charge is 0.338 e. The number of ether oxygens (including phenoxy) is 1. The first-order valence-corrected chi connectivity index (χ1v) is 6.96. The van der Waals surface area contributed by atoms with Gasteiger partial charge in [-0.15, -0.1) is 0 Å². The normalized spacial score (nSPS) is 13.7. The van der Waals surface area contributed by atoms with Gasteiger partial charge in [-0.1, -0.05) is 13.8 Å². The summed E-state index contributed by atoms with van der Waals surface area (Å²) in [5.41, 5.74) is 1.12. The highest BCUT2D eigenvalue weighted by Gasteiger charge is 2.21. The summed E-state index contributed by atoms with van der Waals surface area (Å²) in [5, 5.41) is 20.0. The number of carbonyl (C=O) groups is 1. The van der Waals surface area contributed by atoms with E-state index in [-0.39, 0.29) is 5.97 Å². The van der Waals surface area contributed by atoms with Gasteiger partial charge in [-0.05, 0) is 44.0 Å². The van der Waals surface area contributed by atoms with Gasteiger partial charge in [0, 0.05) is 5.69 Å². The van der Waals surface area contributed by atoms with Crippen LogP contribution in [0.3, 0.4) is 0 Å². The molecule has 2 unspecified atom stereocenters. The van der Waals surface area contributed by atoms with E-state index >= 15 is 0 Å². The number of benzene rings is 1. The van der Waals surface area contributed by atoms with Gasteiger partial charge < -0.3 is 19.8 Å². The molecule has 0 aliphatic rings. The second-order valence-electron chi connectivity index (χ2n) is 4.45. The summed E-state index contributed by atoms with van der Waals surface area (Å²) < 4.78 is 4.91. The van der Waals surface area contributed by atoms with Gasteiger partial charge in [-0.25, -0.2) is 4.79 Å². The number of carbonyl (C=O) groups excluding carboxylic acids is 1. The van der Waals surface area contributed by atoms with E-state index < -0.39 is 12.5 Å². The average Bonchev–Trinajstić information content (AvgIpc) is 2.47. The number of aliphatic hydroxyl groups excluding tert-OH is 2. The predicted octanol–water partition coefficient (Wildman–Crippen LogP) is 2.13. The number of hydrogen-bond acceptors (Lipinski definition) is 5. The summed E-state index contributed by atoms with van der Waals surface area (Å²) in [6.45, 7) is 5.76. The van der Waals surface area contributed by atoms with Crippen molar-refractivity contribution in [2.75, 3.05) is 11.5 Å². The van der Waals surface area contributed by atoms with E-state index in [9.17, 15) is 15.0 Å². The van der Waals surface area contributed by atoms with Crippen LogP contribution >= 0.6 is 0 Å². The van der Waals surface area contributed by atoms with Crippen LogP contribution in [0.15, 0.2) is 24.3 Å². The molecule has 2 atom stereocenters. The topological polar surface area (TPSA) is 70.0 Å². The van der Waals surface area contributed by atoms with Crippen molar-refractivity contribution in [3.63, 3.8) is 0 Å². The highest BCUT2D eigenvalue weighted by Crippen LogP contribution is 2.22. The van der Waals surface area contributed by atoms with Gasteiger partial charge in [-0.3, -0.25) is 0 Å². The van der Waals surface area contributed by atoms with Crippen molar-refractivity contribution in [3.8, 4) is 0 Å². The lowest BCUT2D eigenvalue weighted by molar-refractivity contribution is 0.0526. The van der Waals surface area contributed by atoms with Crippen molar-refractivity contribution >= 4 is 11.7 Å². The van der Waals surface area contributed by atoms with Gasteiger partial charge in [0.2, 0.25) is 0 Å². The van der Waals surface area contributed by atoms with Gasteiger partial charge in [-0.2, -0.15) is 0 Å². The number of esters is 1. The Morgan fingerprint density at radius 3 is 2.00 bits per heavy atom. The summed E-state index contributed by atoms with van der Waals surface area (Å²) in [5.74, 6) is -0.377. The van der Waals surface area contributed by atoms with Crippen molar-refractivity contribution in [2.24, 2.45) is 0 Å². The number of aliphatic hydroxyl groups is 2. The molecule has 0 heterocycles. The van der Waals surface area contributed by atoms with Crippen LogP contribution in [-0.2, 0) is 4.74 Å². The van der Waals surface area contributed by atoms with Gasteiger partial charge in [0.25, 0.3) is 0 Å². The van der Waals surface area contributed by atoms with E-state index in [4.69, 9.17) is 4.74 Å². The molecule has 20 heavy (non-hydrogen) atoms. The van der Waals surface area contributed by atoms with Crippen molar-refractivity contribution in [2.45, 2.75) is 46.1 Å². The zero-order valence-corrected chi connectivity index (χ0v) is 12.2. The third-order valence-electron chi connectivity index (χ3n) is 3.05. The van der Waals surface area contributed by atoms with Crippen LogP contribution < -0.4 is 4.90 Å². The molecule has 0 aliphatic heterocycles. The number of hydrogen-bond donors (Lipinski definition) is 2. The molecule has 0 fully saturated rings. The summed E-state index contributed by atoms with van der Waals surface area (Å²) in [7, 11) is 0. The molecule has 2 N–H and O–H groups in total. The molecule has 0 bridgehead atoms. The maximum atomic E-state index is 11.6. The van der Waals surface area contributed by atoms with E-state index in [1.54, 1.807) is 31.2 Å². The average molecular weight is 281 g/mol. The summed E-state index contributed by atoms with van der Waals surface area (Å²) in [6.07, 6.45) is -0.537. The summed E-state index contributed by atoms with van der Waals surface area (Å²) in [6, 6.07) is 6.66. The van der Waals surface area contributed by atoms with E-state index in [0.717, 1.165) is 0 Å². The highest BCUT2D eigenvalue weighted by molar-refractivity contribution is 5.89. The monoisotopic (exact) mass is 281 g/mol. The van der Waals surface area contributed by atoms with E-state index in [0.29, 0.717) is 30.7 Å². The lowest BCUT2D eigenvalue weighted by atomic mass is 10.1. The lowest BCUT2D eigenvalue weighted by Gasteiger charge is -2.33. The highest BCUT2D eigenvalue weighted by atomic mass is 16.5. The quantitative estimate of drug-likeness (QED) is 0.592. The fraction of sp³-hybridized carbons (Fsp3) is 0.533. The Kier molecular flexibility index (Phi) is 6.48. The first-order valence-electron chi connectivity index (χ1n) is 6.96. The molecule has 0 amide bonds. The van der Waals surface area contributed by atoms with Gasteiger partial charge >= 0.3 is 5.97 Å². The first kappa shape index (κ1) is 16.5. The van der Waals surface area contributed by atoms with Gasteiger partial charge in [0.05, 0.1) is 12.2 Å². The van der Waals surface area contributed by atoms with Crippen LogP contribution in [0.2, 0.25) is 0 Å². The number of nitrogens with zero attached hydrogens (tertiary/aromatic N) is 1. The molecular weight excluding hydrogens is 258 g/mol. The van der Waals surface area contributed by atoms with Crippen LogP contribution in [-0.4, -0.2) is 35.2 Å². The Labute approximate surface area is 119 Å². The van der Waals surface area contributed by atoms with Crippen molar-refractivity contribution in [1.82, 2.24) is 0 Å². The third kappa shape index (κ3) is 3.95. The molecule has 112 valence electrons. The molecule has 5 heteroatoms. The van der Waals surface area contributed by atoms with E-state index in [1.807, 2.05) is 13.8 Å². The maximum Gasteiger partial charge on any atom is 0.338 e. The molecule has 0 saturated carbocycles. The summed E-state index contributed by atoms with van der Waals surface area (Å²) in [4.78, 5) is 13.1. The predicted molar refractivity (Wildman–Crippen MR) is 77.5 cm³/mol. The fourth-order valence-corrected chi connectivity index (χ4v) is 1.92. The molecule has 1 rings (SSSR count). The van der Waals surface area contributed by atoms with Crippen LogP contribution in [0.5, 0.6) is 0 Å². The standard InChI is InChI=1S/C15H23NO4/c1-4-13(17)16(14(18)5-2)12-9-7-11(8-10-12)15(19)20-6-3/h7-10,13-14,17-18H,4-6H2,1-3H3. The molecule has 0 spiro atoms. The van der Waals surface area contributed by atoms with Gasteiger partial charge in [0.15, 0.2) is 0 Å². The fourth-order valence-electron chi connectivity index (χ4n) is 1.92. The lowest BCUT2D eigenvalue weighted by Crippen LogP contribution is -2.43. The van der Waals surface area contributed by atoms with Crippen LogP contribution in [0.1, 0.15) is 44.0 Å². The zero-order chi connectivity index (χ0) is 15.1. The van der Waals surface area contributed by atoms with Crippen LogP contribution in [0.4, 0.5) is 5.69 Å². The molecule has 0 aliphatic carbocycles. The molecule has 1 aromatic carbocycles. The molecule has 0 radical (unpaired) electrons. The molecule has 1 aromatic rings. The molecule has 5 nitrogen and oxygen atoms in total. The number of rotatable bonds is 7. The Hall–Kier alpha value is -1.59. The largest absolute Gasteiger partial charge is 0.462 e. The third-order valence-corrected chi connectivity index (χ3v) is 3.05. The van der Waals surface area contributed by atoms with Crippen molar-refractivity contribution < 1.29 is 19.7 Å². The van der Waals surface area contributed by atoms with Crippen LogP contribution in [0, 0.1) is 0 Å². The molecule has 0 aromatic heterocycles. The second kappa shape index (κ2) is 7.87. The SMILES string of the molecule is CCOC(=O)c1ccc(N(C(O)CC)C(O)CC)cc1. The minimum atomic E-state index is -0.765. The molecular formula is C15H23NO4. The first-order chi connectivity index (χ1) is 9.54.